The summed E-state index contributed by atoms with van der Waals surface area (Å²) in [5, 5.41) is 10.0. The molecule has 0 saturated carbocycles. The number of nitrogens with zero attached hydrogens (tertiary/aromatic N) is 1. The van der Waals surface area contributed by atoms with Crippen molar-refractivity contribution in [1.29, 1.82) is 5.26 Å². The summed E-state index contributed by atoms with van der Waals surface area (Å²) in [7, 11) is 0. The van der Waals surface area contributed by atoms with E-state index >= 15 is 0 Å². The number of allylic oxidation sites excluding steroid dienone is 2. The first kappa shape index (κ1) is 5.26. The van der Waals surface area contributed by atoms with E-state index in [1.165, 1.54) is 11.9 Å². The summed E-state index contributed by atoms with van der Waals surface area (Å²) in [5.41, 5.74) is 0.703. The zero-order valence-corrected chi connectivity index (χ0v) is 4.90. The van der Waals surface area contributed by atoms with Crippen molar-refractivity contribution >= 4 is 11.9 Å². The molecule has 0 aliphatic carbocycles. The third-order valence-electron chi connectivity index (χ3n) is 0.714. The number of rotatable bonds is 0. The minimum atomic E-state index is 0.703. The summed E-state index contributed by atoms with van der Waals surface area (Å²) in [6, 6.07) is 2.02. The predicted octanol–water partition coefficient (Wildman–Crippen LogP) is 1.16. The standard InChI is InChI=1S/C5H4N2S/c6-3-5-1-2-7-8-4-5/h1-2,4,7H. The molecule has 1 aliphatic heterocycles. The topological polar surface area (TPSA) is 35.8 Å². The van der Waals surface area contributed by atoms with Crippen LogP contribution in [-0.4, -0.2) is 0 Å². The van der Waals surface area contributed by atoms with Gasteiger partial charge in [0.15, 0.2) is 0 Å². The van der Waals surface area contributed by atoms with Crippen LogP contribution in [-0.2, 0) is 0 Å². The first-order valence-electron chi connectivity index (χ1n) is 2.11. The molecule has 2 nitrogen and oxygen atoms in total. The zero-order chi connectivity index (χ0) is 5.82. The fourth-order valence-corrected chi connectivity index (χ4v) is 0.836. The molecule has 0 spiro atoms. The molecule has 0 unspecified atom stereocenters. The number of nitrogens with one attached hydrogen (secondary N) is 1. The van der Waals surface area contributed by atoms with Crippen LogP contribution >= 0.6 is 11.9 Å². The number of nitriles is 1. The molecule has 1 N–H and O–H groups in total. The number of hydrogen-bond acceptors (Lipinski definition) is 3. The molecule has 0 amide bonds. The molecule has 1 rings (SSSR count). The first-order chi connectivity index (χ1) is 3.93. The molecule has 0 aromatic rings. The Labute approximate surface area is 52.0 Å². The Bertz CT molecular complexity index is 175. The van der Waals surface area contributed by atoms with Gasteiger partial charge < -0.3 is 4.72 Å². The minimum absolute atomic E-state index is 0.703. The van der Waals surface area contributed by atoms with Crippen LogP contribution in [0.3, 0.4) is 0 Å². The molecule has 0 aromatic carbocycles. The summed E-state index contributed by atoms with van der Waals surface area (Å²) in [6.07, 6.45) is 3.47. The van der Waals surface area contributed by atoms with E-state index in [-0.39, 0.29) is 0 Å². The van der Waals surface area contributed by atoms with Gasteiger partial charge in [-0.15, -0.1) is 0 Å². The predicted molar refractivity (Wildman–Crippen MR) is 33.6 cm³/mol. The van der Waals surface area contributed by atoms with Gasteiger partial charge in [-0.3, -0.25) is 0 Å². The highest BCUT2D eigenvalue weighted by atomic mass is 32.2. The Morgan fingerprint density at radius 2 is 2.62 bits per heavy atom. The van der Waals surface area contributed by atoms with Crippen LogP contribution < -0.4 is 4.72 Å². The fraction of sp³-hybridized carbons (Fsp3) is 0. The molecular formula is C5H4N2S. The van der Waals surface area contributed by atoms with Crippen LogP contribution in [0, 0.1) is 11.3 Å². The summed E-state index contributed by atoms with van der Waals surface area (Å²) in [4.78, 5) is 0. The van der Waals surface area contributed by atoms with E-state index in [1.807, 2.05) is 6.07 Å². The second-order valence-corrected chi connectivity index (χ2v) is 1.96. The van der Waals surface area contributed by atoms with E-state index in [1.54, 1.807) is 17.7 Å². The Morgan fingerprint density at radius 3 is 3.00 bits per heavy atom. The van der Waals surface area contributed by atoms with Crippen LogP contribution in [0.2, 0.25) is 0 Å². The molecule has 0 radical (unpaired) electrons. The molecular weight excluding hydrogens is 120 g/mol. The van der Waals surface area contributed by atoms with E-state index in [9.17, 15) is 0 Å². The lowest BCUT2D eigenvalue weighted by Crippen LogP contribution is -1.92. The van der Waals surface area contributed by atoms with Crippen LogP contribution in [0.15, 0.2) is 23.3 Å². The lowest BCUT2D eigenvalue weighted by atomic mass is 10.3. The van der Waals surface area contributed by atoms with Gasteiger partial charge in [0.05, 0.1) is 11.6 Å². The van der Waals surface area contributed by atoms with Crippen molar-refractivity contribution in [2.45, 2.75) is 0 Å². The van der Waals surface area contributed by atoms with Gasteiger partial charge in [0, 0.05) is 11.6 Å². The minimum Gasteiger partial charge on any atom is -0.333 e. The molecule has 0 bridgehead atoms. The Hall–Kier alpha value is -0.880. The third kappa shape index (κ3) is 1.04. The molecule has 1 aliphatic rings. The Kier molecular flexibility index (Phi) is 1.60. The van der Waals surface area contributed by atoms with Crippen molar-refractivity contribution in [2.75, 3.05) is 0 Å². The first-order valence-corrected chi connectivity index (χ1v) is 2.99. The van der Waals surface area contributed by atoms with E-state index in [2.05, 4.69) is 4.72 Å². The van der Waals surface area contributed by atoms with Gasteiger partial charge in [-0.05, 0) is 18.0 Å². The molecule has 0 atom stereocenters. The molecule has 0 fully saturated rings. The summed E-state index contributed by atoms with van der Waals surface area (Å²) in [6.45, 7) is 0. The smallest absolute Gasteiger partial charge is 0.0998 e. The van der Waals surface area contributed by atoms with Crippen LogP contribution in [0.25, 0.3) is 0 Å². The lowest BCUT2D eigenvalue weighted by molar-refractivity contribution is 1.39. The monoisotopic (exact) mass is 124 g/mol. The van der Waals surface area contributed by atoms with E-state index in [0.29, 0.717) is 5.57 Å². The molecule has 0 saturated heterocycles. The van der Waals surface area contributed by atoms with Gasteiger partial charge >= 0.3 is 0 Å². The largest absolute Gasteiger partial charge is 0.333 e. The fourth-order valence-electron chi connectivity index (χ4n) is 0.363. The van der Waals surface area contributed by atoms with Crippen LogP contribution in [0.4, 0.5) is 0 Å². The molecule has 1 heterocycles. The van der Waals surface area contributed by atoms with Gasteiger partial charge in [-0.2, -0.15) is 5.26 Å². The van der Waals surface area contributed by atoms with Crippen molar-refractivity contribution in [1.82, 2.24) is 4.72 Å². The summed E-state index contributed by atoms with van der Waals surface area (Å²) >= 11 is 1.41. The lowest BCUT2D eigenvalue weighted by Gasteiger charge is -1.97. The highest BCUT2D eigenvalue weighted by molar-refractivity contribution is 8.00. The molecule has 40 valence electrons. The van der Waals surface area contributed by atoms with E-state index in [0.717, 1.165) is 0 Å². The van der Waals surface area contributed by atoms with Crippen molar-refractivity contribution in [3.63, 3.8) is 0 Å². The molecule has 8 heavy (non-hydrogen) atoms. The Morgan fingerprint density at radius 1 is 1.75 bits per heavy atom. The normalized spacial score (nSPS) is 16.1. The summed E-state index contributed by atoms with van der Waals surface area (Å²) < 4.78 is 2.86. The number of hydrogen-bond donors (Lipinski definition) is 1. The molecule has 0 aromatic heterocycles. The maximum absolute atomic E-state index is 8.28. The quantitative estimate of drug-likeness (QED) is 0.492. The van der Waals surface area contributed by atoms with Crippen molar-refractivity contribution in [3.8, 4) is 6.07 Å². The van der Waals surface area contributed by atoms with Crippen molar-refractivity contribution in [3.05, 3.63) is 23.3 Å². The average molecular weight is 124 g/mol. The SMILES string of the molecule is N#CC1=CSNC=C1. The van der Waals surface area contributed by atoms with Gasteiger partial charge in [-0.25, -0.2) is 0 Å². The van der Waals surface area contributed by atoms with Crippen molar-refractivity contribution in [2.24, 2.45) is 0 Å². The third-order valence-corrected chi connectivity index (χ3v) is 1.36. The van der Waals surface area contributed by atoms with E-state index < -0.39 is 0 Å². The summed E-state index contributed by atoms with van der Waals surface area (Å²) in [5.74, 6) is 0. The Balaban J connectivity index is 2.68. The second kappa shape index (κ2) is 2.43. The highest BCUT2D eigenvalue weighted by Crippen LogP contribution is 2.07. The van der Waals surface area contributed by atoms with Gasteiger partial charge in [0.2, 0.25) is 0 Å². The van der Waals surface area contributed by atoms with E-state index in [4.69, 9.17) is 5.26 Å². The maximum atomic E-state index is 8.28. The van der Waals surface area contributed by atoms with Crippen molar-refractivity contribution < 1.29 is 0 Å². The highest BCUT2D eigenvalue weighted by Gasteiger charge is 1.91. The van der Waals surface area contributed by atoms with Gasteiger partial charge in [0.1, 0.15) is 0 Å². The molecule has 3 heteroatoms. The average Bonchev–Trinajstić information content (AvgIpc) is 1.90. The zero-order valence-electron chi connectivity index (χ0n) is 4.09. The second-order valence-electron chi connectivity index (χ2n) is 1.25. The van der Waals surface area contributed by atoms with Gasteiger partial charge in [-0.1, -0.05) is 0 Å². The van der Waals surface area contributed by atoms with Crippen LogP contribution in [0.1, 0.15) is 0 Å². The van der Waals surface area contributed by atoms with Gasteiger partial charge in [0.25, 0.3) is 0 Å². The van der Waals surface area contributed by atoms with Crippen LogP contribution in [0.5, 0.6) is 0 Å². The maximum Gasteiger partial charge on any atom is 0.0998 e.